The van der Waals surface area contributed by atoms with Crippen LogP contribution in [0.3, 0.4) is 0 Å². The summed E-state index contributed by atoms with van der Waals surface area (Å²) in [6.45, 7) is 6.56. The van der Waals surface area contributed by atoms with E-state index in [9.17, 15) is 9.59 Å². The zero-order chi connectivity index (χ0) is 19.4. The Bertz CT molecular complexity index is 863. The van der Waals surface area contributed by atoms with Crippen LogP contribution in [0.25, 0.3) is 0 Å². The first-order valence-electron chi connectivity index (χ1n) is 9.05. The minimum Gasteiger partial charge on any atom is -0.483 e. The molecule has 1 heterocycles. The summed E-state index contributed by atoms with van der Waals surface area (Å²) < 4.78 is 11.2. The molecule has 2 aromatic carbocycles. The first kappa shape index (κ1) is 18.8. The Hall–Kier alpha value is -3.02. The highest BCUT2D eigenvalue weighted by Gasteiger charge is 2.25. The summed E-state index contributed by atoms with van der Waals surface area (Å²) in [4.78, 5) is 25.9. The van der Waals surface area contributed by atoms with E-state index in [4.69, 9.17) is 9.47 Å². The van der Waals surface area contributed by atoms with Crippen LogP contribution in [0.15, 0.2) is 36.4 Å². The number of carbonyl (C=O) groups excluding carboxylic acids is 2. The molecule has 3 rings (SSSR count). The number of fused-ring (bicyclic) bond motifs is 1. The molecule has 2 aromatic rings. The number of hydrogen-bond acceptors (Lipinski definition) is 4. The number of anilines is 2. The Labute approximate surface area is 159 Å². The summed E-state index contributed by atoms with van der Waals surface area (Å²) in [6.07, 6.45) is 0.860. The van der Waals surface area contributed by atoms with Gasteiger partial charge in [0, 0.05) is 18.3 Å². The normalized spacial score (nSPS) is 13.0. The van der Waals surface area contributed by atoms with Crippen LogP contribution in [-0.4, -0.2) is 31.6 Å². The van der Waals surface area contributed by atoms with Gasteiger partial charge in [-0.15, -0.1) is 0 Å². The molecule has 0 atom stereocenters. The van der Waals surface area contributed by atoms with Crippen LogP contribution in [0, 0.1) is 13.8 Å². The van der Waals surface area contributed by atoms with Crippen molar-refractivity contribution in [1.82, 2.24) is 0 Å². The average molecular weight is 368 g/mol. The van der Waals surface area contributed by atoms with E-state index in [1.807, 2.05) is 39.0 Å². The molecule has 0 fully saturated rings. The van der Waals surface area contributed by atoms with Gasteiger partial charge in [-0.05, 0) is 49.6 Å². The number of rotatable bonds is 6. The van der Waals surface area contributed by atoms with E-state index >= 15 is 0 Å². The molecule has 142 valence electrons. The molecule has 0 saturated carbocycles. The molecule has 6 heteroatoms. The fourth-order valence-corrected chi connectivity index (χ4v) is 2.97. The average Bonchev–Trinajstić information content (AvgIpc) is 2.65. The Morgan fingerprint density at radius 1 is 1.26 bits per heavy atom. The second-order valence-corrected chi connectivity index (χ2v) is 6.55. The molecule has 0 spiro atoms. The second kappa shape index (κ2) is 8.12. The molecule has 1 aliphatic heterocycles. The quantitative estimate of drug-likeness (QED) is 0.848. The maximum absolute atomic E-state index is 12.2. The van der Waals surface area contributed by atoms with Crippen molar-refractivity contribution in [2.24, 2.45) is 0 Å². The molecular weight excluding hydrogens is 344 g/mol. The summed E-state index contributed by atoms with van der Waals surface area (Å²) in [6, 6.07) is 11.0. The highest BCUT2D eigenvalue weighted by atomic mass is 16.5. The van der Waals surface area contributed by atoms with Gasteiger partial charge in [0.1, 0.15) is 11.5 Å². The largest absolute Gasteiger partial charge is 0.483 e. The highest BCUT2D eigenvalue weighted by molar-refractivity contribution is 5.99. The summed E-state index contributed by atoms with van der Waals surface area (Å²) in [7, 11) is 0. The van der Waals surface area contributed by atoms with Gasteiger partial charge in [0.15, 0.2) is 13.2 Å². The lowest BCUT2D eigenvalue weighted by atomic mass is 10.1. The van der Waals surface area contributed by atoms with Gasteiger partial charge in [-0.1, -0.05) is 19.1 Å². The number of aryl methyl sites for hydroxylation is 1. The predicted octanol–water partition coefficient (Wildman–Crippen LogP) is 3.46. The Kier molecular flexibility index (Phi) is 5.64. The Morgan fingerprint density at radius 3 is 2.85 bits per heavy atom. The lowest BCUT2D eigenvalue weighted by Crippen LogP contribution is -2.39. The molecular formula is C21H24N2O4. The third kappa shape index (κ3) is 4.22. The third-order valence-corrected chi connectivity index (χ3v) is 4.55. The van der Waals surface area contributed by atoms with Gasteiger partial charge in [-0.3, -0.25) is 9.59 Å². The number of ether oxygens (including phenoxy) is 2. The first-order chi connectivity index (χ1) is 13.0. The zero-order valence-electron chi connectivity index (χ0n) is 15.9. The topological polar surface area (TPSA) is 67.9 Å². The van der Waals surface area contributed by atoms with Crippen LogP contribution in [0.5, 0.6) is 11.5 Å². The van der Waals surface area contributed by atoms with Crippen LogP contribution >= 0.6 is 0 Å². The van der Waals surface area contributed by atoms with Gasteiger partial charge in [0.2, 0.25) is 0 Å². The molecule has 0 saturated heterocycles. The fourth-order valence-electron chi connectivity index (χ4n) is 2.97. The molecule has 0 bridgehead atoms. The van der Waals surface area contributed by atoms with E-state index in [0.717, 1.165) is 23.2 Å². The Balaban J connectivity index is 1.65. The van der Waals surface area contributed by atoms with Crippen molar-refractivity contribution in [3.63, 3.8) is 0 Å². The van der Waals surface area contributed by atoms with Gasteiger partial charge >= 0.3 is 0 Å². The minimum absolute atomic E-state index is 0.0140. The molecule has 1 N–H and O–H groups in total. The monoisotopic (exact) mass is 368 g/mol. The molecule has 1 aliphatic rings. The maximum Gasteiger partial charge on any atom is 0.265 e. The fraction of sp³-hybridized carbons (Fsp3) is 0.333. The van der Waals surface area contributed by atoms with Gasteiger partial charge < -0.3 is 19.7 Å². The SMILES string of the molecule is CCCN1C(=O)COc2cc(NC(=O)COc3cccc(C)c3C)ccc21. The number of carbonyl (C=O) groups is 2. The summed E-state index contributed by atoms with van der Waals surface area (Å²) in [5.74, 6) is 0.986. The van der Waals surface area contributed by atoms with Crippen molar-refractivity contribution < 1.29 is 19.1 Å². The number of nitrogens with zero attached hydrogens (tertiary/aromatic N) is 1. The minimum atomic E-state index is -0.256. The Morgan fingerprint density at radius 2 is 2.07 bits per heavy atom. The molecule has 27 heavy (non-hydrogen) atoms. The lowest BCUT2D eigenvalue weighted by molar-refractivity contribution is -0.121. The standard InChI is InChI=1S/C21H24N2O4/c1-4-10-23-17-9-8-16(11-19(17)27-13-21(23)25)22-20(24)12-26-18-7-5-6-14(2)15(18)3/h5-9,11H,4,10,12-13H2,1-3H3,(H,22,24). The maximum atomic E-state index is 12.2. The molecule has 0 unspecified atom stereocenters. The van der Waals surface area contributed by atoms with Gasteiger partial charge in [-0.2, -0.15) is 0 Å². The number of hydrogen-bond donors (Lipinski definition) is 1. The molecule has 2 amide bonds. The van der Waals surface area contributed by atoms with Crippen LogP contribution in [0.2, 0.25) is 0 Å². The highest BCUT2D eigenvalue weighted by Crippen LogP contribution is 2.34. The van der Waals surface area contributed by atoms with Crippen molar-refractivity contribution in [1.29, 1.82) is 0 Å². The van der Waals surface area contributed by atoms with Crippen LogP contribution in [0.1, 0.15) is 24.5 Å². The van der Waals surface area contributed by atoms with Gasteiger partial charge in [0.25, 0.3) is 11.8 Å². The summed E-state index contributed by atoms with van der Waals surface area (Å²) in [5.41, 5.74) is 3.48. The zero-order valence-corrected chi connectivity index (χ0v) is 15.9. The van der Waals surface area contributed by atoms with Crippen LogP contribution < -0.4 is 19.7 Å². The van der Waals surface area contributed by atoms with E-state index in [1.54, 1.807) is 23.1 Å². The summed E-state index contributed by atoms with van der Waals surface area (Å²) in [5, 5.41) is 2.81. The first-order valence-corrected chi connectivity index (χ1v) is 9.05. The van der Waals surface area contributed by atoms with Crippen molar-refractivity contribution in [2.45, 2.75) is 27.2 Å². The number of benzene rings is 2. The van der Waals surface area contributed by atoms with Gasteiger partial charge in [-0.25, -0.2) is 0 Å². The van der Waals surface area contributed by atoms with E-state index < -0.39 is 0 Å². The number of nitrogens with one attached hydrogen (secondary N) is 1. The van der Waals surface area contributed by atoms with Gasteiger partial charge in [0.05, 0.1) is 5.69 Å². The smallest absolute Gasteiger partial charge is 0.265 e. The molecule has 0 aromatic heterocycles. The van der Waals surface area contributed by atoms with Crippen LogP contribution in [0.4, 0.5) is 11.4 Å². The molecule has 0 aliphatic carbocycles. The van der Waals surface area contributed by atoms with Crippen molar-refractivity contribution in [2.75, 3.05) is 30.0 Å². The van der Waals surface area contributed by atoms with E-state index in [0.29, 0.717) is 23.7 Å². The predicted molar refractivity (Wildman–Crippen MR) is 105 cm³/mol. The summed E-state index contributed by atoms with van der Waals surface area (Å²) >= 11 is 0. The second-order valence-electron chi connectivity index (χ2n) is 6.55. The number of amides is 2. The van der Waals surface area contributed by atoms with E-state index in [1.165, 1.54) is 0 Å². The van der Waals surface area contributed by atoms with Crippen molar-refractivity contribution in [3.8, 4) is 11.5 Å². The molecule has 0 radical (unpaired) electrons. The molecule has 6 nitrogen and oxygen atoms in total. The van der Waals surface area contributed by atoms with Crippen molar-refractivity contribution in [3.05, 3.63) is 47.5 Å². The van der Waals surface area contributed by atoms with Crippen LogP contribution in [-0.2, 0) is 9.59 Å². The third-order valence-electron chi connectivity index (χ3n) is 4.55. The van der Waals surface area contributed by atoms with E-state index in [2.05, 4.69) is 5.32 Å². The van der Waals surface area contributed by atoms with Crippen molar-refractivity contribution >= 4 is 23.2 Å². The van der Waals surface area contributed by atoms with E-state index in [-0.39, 0.29) is 25.0 Å². The lowest BCUT2D eigenvalue weighted by Gasteiger charge is -2.29.